The number of nitrogens with one attached hydrogen (secondary N) is 1. The Bertz CT molecular complexity index is 1700. The second-order valence-corrected chi connectivity index (χ2v) is 10.4. The van der Waals surface area contributed by atoms with Crippen LogP contribution in [-0.2, 0) is 16.2 Å². The summed E-state index contributed by atoms with van der Waals surface area (Å²) in [7, 11) is 0. The molecule has 0 radical (unpaired) electrons. The van der Waals surface area contributed by atoms with Gasteiger partial charge in [0, 0.05) is 0 Å². The first kappa shape index (κ1) is 27.7. The maximum absolute atomic E-state index is 13.3. The van der Waals surface area contributed by atoms with Crippen LogP contribution in [0.15, 0.2) is 82.8 Å². The van der Waals surface area contributed by atoms with Gasteiger partial charge in [0.15, 0.2) is 11.5 Å². The highest BCUT2D eigenvalue weighted by Crippen LogP contribution is 2.39. The van der Waals surface area contributed by atoms with E-state index in [9.17, 15) is 14.4 Å². The number of hydrogen-bond donors (Lipinski definition) is 1. The highest BCUT2D eigenvalue weighted by Gasteiger charge is 2.37. The van der Waals surface area contributed by atoms with Gasteiger partial charge in [0.1, 0.15) is 12.2 Å². The summed E-state index contributed by atoms with van der Waals surface area (Å²) < 4.78 is 12.6. The van der Waals surface area contributed by atoms with E-state index < -0.39 is 17.8 Å². The number of barbiturate groups is 1. The third-order valence-corrected chi connectivity index (χ3v) is 7.49. The Morgan fingerprint density at radius 3 is 2.48 bits per heavy atom. The van der Waals surface area contributed by atoms with Gasteiger partial charge in [0.25, 0.3) is 11.8 Å². The zero-order valence-corrected chi connectivity index (χ0v) is 24.1. The number of rotatable bonds is 7. The lowest BCUT2D eigenvalue weighted by Gasteiger charge is -2.26. The van der Waals surface area contributed by atoms with Crippen LogP contribution in [0, 0.1) is 0 Å². The molecule has 0 spiro atoms. The van der Waals surface area contributed by atoms with E-state index in [0.717, 1.165) is 21.2 Å². The molecule has 10 heteroatoms. The molecule has 4 amide bonds. The zero-order chi connectivity index (χ0) is 28.4. The molecule has 5 rings (SSSR count). The lowest BCUT2D eigenvalue weighted by molar-refractivity contribution is -0.122. The Morgan fingerprint density at radius 2 is 1.70 bits per heavy atom. The van der Waals surface area contributed by atoms with Gasteiger partial charge in [0.05, 0.1) is 26.8 Å². The van der Waals surface area contributed by atoms with Crippen LogP contribution < -0.4 is 19.7 Å². The number of anilines is 1. The van der Waals surface area contributed by atoms with Gasteiger partial charge in [0.2, 0.25) is 0 Å². The van der Waals surface area contributed by atoms with E-state index in [1.807, 2.05) is 49.4 Å². The van der Waals surface area contributed by atoms with Gasteiger partial charge in [-0.25, -0.2) is 9.69 Å². The van der Waals surface area contributed by atoms with Crippen LogP contribution in [0.4, 0.5) is 10.5 Å². The van der Waals surface area contributed by atoms with Crippen molar-refractivity contribution in [1.82, 2.24) is 5.32 Å². The zero-order valence-electron chi connectivity index (χ0n) is 21.0. The first-order valence-electron chi connectivity index (χ1n) is 12.2. The molecule has 1 heterocycles. The van der Waals surface area contributed by atoms with Crippen molar-refractivity contribution in [3.05, 3.63) is 104 Å². The third kappa shape index (κ3) is 5.56. The van der Waals surface area contributed by atoms with E-state index in [0.29, 0.717) is 34.7 Å². The highest BCUT2D eigenvalue weighted by atomic mass is 79.9. The van der Waals surface area contributed by atoms with Gasteiger partial charge in [-0.1, -0.05) is 65.7 Å². The Labute approximate surface area is 248 Å². The van der Waals surface area contributed by atoms with E-state index in [2.05, 4.69) is 21.2 Å². The van der Waals surface area contributed by atoms with E-state index in [1.54, 1.807) is 12.1 Å². The molecule has 0 aliphatic carbocycles. The fourth-order valence-corrected chi connectivity index (χ4v) is 5.19. The molecule has 0 atom stereocenters. The summed E-state index contributed by atoms with van der Waals surface area (Å²) in [6, 6.07) is 20.9. The number of carbonyl (C=O) groups excluding carboxylic acids is 3. The second kappa shape index (κ2) is 11.7. The smallest absolute Gasteiger partial charge is 0.335 e. The summed E-state index contributed by atoms with van der Waals surface area (Å²) in [5.41, 5.74) is 1.41. The van der Waals surface area contributed by atoms with Crippen molar-refractivity contribution in [3.63, 3.8) is 0 Å². The molecule has 4 aromatic carbocycles. The Balaban J connectivity index is 1.47. The van der Waals surface area contributed by atoms with Crippen molar-refractivity contribution < 1.29 is 23.9 Å². The Morgan fingerprint density at radius 1 is 0.925 bits per heavy atom. The first-order chi connectivity index (χ1) is 19.3. The molecule has 1 saturated heterocycles. The molecule has 40 heavy (non-hydrogen) atoms. The topological polar surface area (TPSA) is 84.9 Å². The highest BCUT2D eigenvalue weighted by molar-refractivity contribution is 9.10. The summed E-state index contributed by atoms with van der Waals surface area (Å²) in [6.07, 6.45) is 1.39. The quantitative estimate of drug-likeness (QED) is 0.167. The molecule has 7 nitrogen and oxygen atoms in total. The summed E-state index contributed by atoms with van der Waals surface area (Å²) in [5.74, 6) is -0.733. The molecule has 0 unspecified atom stereocenters. The van der Waals surface area contributed by atoms with Gasteiger partial charge < -0.3 is 9.47 Å². The molecule has 1 fully saturated rings. The summed E-state index contributed by atoms with van der Waals surface area (Å²) in [5, 5.41) is 4.81. The lowest BCUT2D eigenvalue weighted by atomic mass is 10.1. The lowest BCUT2D eigenvalue weighted by Crippen LogP contribution is -2.54. The minimum absolute atomic E-state index is 0.159. The van der Waals surface area contributed by atoms with Crippen molar-refractivity contribution in [1.29, 1.82) is 0 Å². The number of amides is 4. The van der Waals surface area contributed by atoms with Gasteiger partial charge in [-0.3, -0.25) is 14.9 Å². The van der Waals surface area contributed by atoms with Crippen molar-refractivity contribution in [3.8, 4) is 11.5 Å². The van der Waals surface area contributed by atoms with Crippen LogP contribution in [0.1, 0.15) is 18.1 Å². The minimum atomic E-state index is -0.890. The van der Waals surface area contributed by atoms with E-state index >= 15 is 0 Å². The van der Waals surface area contributed by atoms with E-state index in [4.69, 9.17) is 32.7 Å². The standard InChI is InChI=1S/C30H21BrCl2N2O5/c1-2-39-26-14-17(13-23(31)27(26)40-16-19-8-5-7-18-6-3-4-9-21(18)19)12-22-28(36)34-30(38)35(29(22)37)20-10-11-24(32)25(33)15-20/h3-15H,2,16H2,1H3,(H,34,36,38)/b22-12+. The maximum atomic E-state index is 13.3. The maximum Gasteiger partial charge on any atom is 0.335 e. The molecule has 1 aliphatic rings. The van der Waals surface area contributed by atoms with Crippen LogP contribution in [0.5, 0.6) is 11.5 Å². The summed E-state index contributed by atoms with van der Waals surface area (Å²) >= 11 is 15.6. The third-order valence-electron chi connectivity index (χ3n) is 6.16. The number of imide groups is 2. The van der Waals surface area contributed by atoms with Gasteiger partial charge >= 0.3 is 6.03 Å². The Hall–Kier alpha value is -3.85. The molecule has 4 aromatic rings. The van der Waals surface area contributed by atoms with E-state index in [1.165, 1.54) is 24.3 Å². The molecule has 1 N–H and O–H groups in total. The number of ether oxygens (including phenoxy) is 2. The normalized spacial score (nSPS) is 14.6. The number of carbonyl (C=O) groups is 3. The van der Waals surface area contributed by atoms with Crippen LogP contribution in [0.25, 0.3) is 16.8 Å². The molecule has 0 saturated carbocycles. The Kier molecular flexibility index (Phi) is 8.12. The van der Waals surface area contributed by atoms with Crippen molar-refractivity contribution in [2.75, 3.05) is 11.5 Å². The van der Waals surface area contributed by atoms with Crippen LogP contribution >= 0.6 is 39.1 Å². The SMILES string of the molecule is CCOc1cc(/C=C2\C(=O)NC(=O)N(c3ccc(Cl)c(Cl)c3)C2=O)cc(Br)c1OCc1cccc2ccccc12. The fourth-order valence-electron chi connectivity index (χ4n) is 4.33. The van der Waals surface area contributed by atoms with Gasteiger partial charge in [-0.15, -0.1) is 0 Å². The number of hydrogen-bond acceptors (Lipinski definition) is 5. The van der Waals surface area contributed by atoms with Gasteiger partial charge in [-0.05, 0) is 81.2 Å². The molecular formula is C30H21BrCl2N2O5. The molecule has 202 valence electrons. The van der Waals surface area contributed by atoms with Crippen molar-refractivity contribution >= 4 is 79.5 Å². The molecule has 0 aromatic heterocycles. The fraction of sp³-hybridized carbons (Fsp3) is 0.100. The van der Waals surface area contributed by atoms with Crippen molar-refractivity contribution in [2.24, 2.45) is 0 Å². The minimum Gasteiger partial charge on any atom is -0.490 e. The predicted octanol–water partition coefficient (Wildman–Crippen LogP) is 7.55. The van der Waals surface area contributed by atoms with Crippen molar-refractivity contribution in [2.45, 2.75) is 13.5 Å². The van der Waals surface area contributed by atoms with Crippen LogP contribution in [-0.4, -0.2) is 24.5 Å². The monoisotopic (exact) mass is 638 g/mol. The average Bonchev–Trinajstić information content (AvgIpc) is 2.92. The first-order valence-corrected chi connectivity index (χ1v) is 13.7. The number of benzene rings is 4. The number of halogens is 3. The second-order valence-electron chi connectivity index (χ2n) is 8.75. The largest absolute Gasteiger partial charge is 0.490 e. The molecule has 0 bridgehead atoms. The number of nitrogens with zero attached hydrogens (tertiary/aromatic N) is 1. The average molecular weight is 640 g/mol. The van der Waals surface area contributed by atoms with Crippen LogP contribution in [0.2, 0.25) is 10.0 Å². The number of fused-ring (bicyclic) bond motifs is 1. The summed E-state index contributed by atoms with van der Waals surface area (Å²) in [6.45, 7) is 2.49. The van der Waals surface area contributed by atoms with Crippen LogP contribution in [0.3, 0.4) is 0 Å². The summed E-state index contributed by atoms with van der Waals surface area (Å²) in [4.78, 5) is 39.4. The van der Waals surface area contributed by atoms with E-state index in [-0.39, 0.29) is 21.3 Å². The van der Waals surface area contributed by atoms with Gasteiger partial charge in [-0.2, -0.15) is 0 Å². The predicted molar refractivity (Wildman–Crippen MR) is 159 cm³/mol. The number of urea groups is 1. The molecular weight excluding hydrogens is 619 g/mol. The molecule has 1 aliphatic heterocycles.